The highest BCUT2D eigenvalue weighted by Gasteiger charge is 2.17. The highest BCUT2D eigenvalue weighted by atomic mass is 35.5. The number of carbonyl (C=O) groups is 2. The van der Waals surface area contributed by atoms with Gasteiger partial charge in [-0.2, -0.15) is 0 Å². The standard InChI is InChI=1S/C16H13ClO2/c1-2-15(18)13-9-8-12(17)10-14(13)16(19)11-6-4-3-5-7-11/h3-10H,2H2,1H3. The van der Waals surface area contributed by atoms with Crippen LogP contribution in [0.3, 0.4) is 0 Å². The number of halogens is 1. The topological polar surface area (TPSA) is 34.1 Å². The smallest absolute Gasteiger partial charge is 0.193 e. The molecule has 2 aromatic rings. The van der Waals surface area contributed by atoms with Crippen LogP contribution in [-0.2, 0) is 0 Å². The fraction of sp³-hybridized carbons (Fsp3) is 0.125. The lowest BCUT2D eigenvalue weighted by Crippen LogP contribution is -2.09. The molecule has 96 valence electrons. The van der Waals surface area contributed by atoms with Crippen LogP contribution in [0.2, 0.25) is 5.02 Å². The first-order valence-corrected chi connectivity index (χ1v) is 6.43. The summed E-state index contributed by atoms with van der Waals surface area (Å²) >= 11 is 5.93. The van der Waals surface area contributed by atoms with Crippen LogP contribution in [0.4, 0.5) is 0 Å². The molecule has 0 fully saturated rings. The third-order valence-corrected chi connectivity index (χ3v) is 3.12. The molecule has 0 atom stereocenters. The van der Waals surface area contributed by atoms with Gasteiger partial charge in [-0.25, -0.2) is 0 Å². The zero-order valence-electron chi connectivity index (χ0n) is 10.5. The van der Waals surface area contributed by atoms with E-state index in [1.165, 1.54) is 0 Å². The maximum absolute atomic E-state index is 12.4. The fourth-order valence-corrected chi connectivity index (χ4v) is 2.06. The van der Waals surface area contributed by atoms with Gasteiger partial charge in [0.25, 0.3) is 0 Å². The van der Waals surface area contributed by atoms with Gasteiger partial charge < -0.3 is 0 Å². The number of Topliss-reactive ketones (excluding diaryl/α,β-unsaturated/α-hetero) is 1. The van der Waals surface area contributed by atoms with Crippen LogP contribution in [0.15, 0.2) is 48.5 Å². The van der Waals surface area contributed by atoms with Gasteiger partial charge in [-0.3, -0.25) is 9.59 Å². The Bertz CT molecular complexity index is 618. The van der Waals surface area contributed by atoms with Crippen LogP contribution in [-0.4, -0.2) is 11.6 Å². The summed E-state index contributed by atoms with van der Waals surface area (Å²) in [5.74, 6) is -0.240. The molecule has 0 saturated heterocycles. The van der Waals surface area contributed by atoms with Crippen molar-refractivity contribution >= 4 is 23.2 Å². The van der Waals surface area contributed by atoms with E-state index in [0.29, 0.717) is 28.1 Å². The summed E-state index contributed by atoms with van der Waals surface area (Å²) in [6.45, 7) is 1.77. The van der Waals surface area contributed by atoms with E-state index in [4.69, 9.17) is 11.6 Å². The SMILES string of the molecule is CCC(=O)c1ccc(Cl)cc1C(=O)c1ccccc1. The van der Waals surface area contributed by atoms with Crippen LogP contribution in [0.5, 0.6) is 0 Å². The lowest BCUT2D eigenvalue weighted by Gasteiger charge is -2.08. The van der Waals surface area contributed by atoms with Gasteiger partial charge in [0.15, 0.2) is 11.6 Å². The normalized spacial score (nSPS) is 10.2. The van der Waals surface area contributed by atoms with Crippen molar-refractivity contribution in [3.8, 4) is 0 Å². The summed E-state index contributed by atoms with van der Waals surface area (Å²) in [7, 11) is 0. The fourth-order valence-electron chi connectivity index (χ4n) is 1.88. The molecule has 0 amide bonds. The highest BCUT2D eigenvalue weighted by molar-refractivity contribution is 6.31. The van der Waals surface area contributed by atoms with Crippen molar-refractivity contribution in [1.82, 2.24) is 0 Å². The quantitative estimate of drug-likeness (QED) is 0.783. The highest BCUT2D eigenvalue weighted by Crippen LogP contribution is 2.21. The van der Waals surface area contributed by atoms with Crippen LogP contribution in [0.1, 0.15) is 39.6 Å². The number of carbonyl (C=O) groups excluding carboxylic acids is 2. The van der Waals surface area contributed by atoms with Gasteiger partial charge in [0.2, 0.25) is 0 Å². The molecular formula is C16H13ClO2. The molecule has 0 N–H and O–H groups in total. The van der Waals surface area contributed by atoms with Crippen molar-refractivity contribution in [3.05, 3.63) is 70.2 Å². The summed E-state index contributed by atoms with van der Waals surface area (Å²) in [6, 6.07) is 13.7. The second-order valence-corrected chi connectivity index (χ2v) is 4.60. The monoisotopic (exact) mass is 272 g/mol. The van der Waals surface area contributed by atoms with Crippen molar-refractivity contribution in [2.45, 2.75) is 13.3 Å². The molecule has 2 aromatic carbocycles. The average molecular weight is 273 g/mol. The largest absolute Gasteiger partial charge is 0.294 e. The van der Waals surface area contributed by atoms with Crippen molar-refractivity contribution in [1.29, 1.82) is 0 Å². The lowest BCUT2D eigenvalue weighted by molar-refractivity contribution is 0.0972. The van der Waals surface area contributed by atoms with Gasteiger partial charge in [-0.05, 0) is 18.2 Å². The van der Waals surface area contributed by atoms with E-state index in [2.05, 4.69) is 0 Å². The van der Waals surface area contributed by atoms with Gasteiger partial charge >= 0.3 is 0 Å². The average Bonchev–Trinajstić information content (AvgIpc) is 2.46. The minimum Gasteiger partial charge on any atom is -0.294 e. The number of hydrogen-bond donors (Lipinski definition) is 0. The summed E-state index contributed by atoms with van der Waals surface area (Å²) in [5, 5.41) is 0.451. The summed E-state index contributed by atoms with van der Waals surface area (Å²) < 4.78 is 0. The van der Waals surface area contributed by atoms with E-state index >= 15 is 0 Å². The number of hydrogen-bond acceptors (Lipinski definition) is 2. The third-order valence-electron chi connectivity index (χ3n) is 2.88. The van der Waals surface area contributed by atoms with Crippen molar-refractivity contribution in [2.24, 2.45) is 0 Å². The van der Waals surface area contributed by atoms with Crippen LogP contribution in [0, 0.1) is 0 Å². The van der Waals surface area contributed by atoms with Gasteiger partial charge in [-0.1, -0.05) is 48.9 Å². The van der Waals surface area contributed by atoms with E-state index in [-0.39, 0.29) is 11.6 Å². The molecule has 0 aliphatic carbocycles. The van der Waals surface area contributed by atoms with Crippen molar-refractivity contribution in [2.75, 3.05) is 0 Å². The van der Waals surface area contributed by atoms with Crippen LogP contribution >= 0.6 is 11.6 Å². The van der Waals surface area contributed by atoms with E-state index in [9.17, 15) is 9.59 Å². The molecule has 3 heteroatoms. The van der Waals surface area contributed by atoms with Gasteiger partial charge in [0.05, 0.1) is 0 Å². The molecule has 0 spiro atoms. The Kier molecular flexibility index (Phi) is 4.13. The van der Waals surface area contributed by atoms with E-state index in [1.807, 2.05) is 6.07 Å². The Balaban J connectivity index is 2.52. The van der Waals surface area contributed by atoms with E-state index in [1.54, 1.807) is 49.4 Å². The Labute approximate surface area is 117 Å². The Morgan fingerprint density at radius 3 is 2.32 bits per heavy atom. The first-order chi connectivity index (χ1) is 9.13. The van der Waals surface area contributed by atoms with Crippen LogP contribution in [0.25, 0.3) is 0 Å². The summed E-state index contributed by atoms with van der Waals surface area (Å²) in [6.07, 6.45) is 0.358. The predicted molar refractivity (Wildman–Crippen MR) is 75.9 cm³/mol. The number of ketones is 2. The minimum absolute atomic E-state index is 0.0593. The van der Waals surface area contributed by atoms with Crippen molar-refractivity contribution < 1.29 is 9.59 Å². The van der Waals surface area contributed by atoms with Gasteiger partial charge in [-0.15, -0.1) is 0 Å². The number of benzene rings is 2. The molecule has 0 unspecified atom stereocenters. The zero-order chi connectivity index (χ0) is 13.8. The van der Waals surface area contributed by atoms with Gasteiger partial charge in [0, 0.05) is 28.1 Å². The second kappa shape index (κ2) is 5.81. The predicted octanol–water partition coefficient (Wildman–Crippen LogP) is 4.16. The molecule has 0 radical (unpaired) electrons. The van der Waals surface area contributed by atoms with E-state index < -0.39 is 0 Å². The lowest BCUT2D eigenvalue weighted by atomic mass is 9.95. The Morgan fingerprint density at radius 2 is 1.68 bits per heavy atom. The first-order valence-electron chi connectivity index (χ1n) is 6.06. The summed E-state index contributed by atoms with van der Waals surface area (Å²) in [4.78, 5) is 24.3. The molecule has 0 saturated carbocycles. The molecule has 0 aliphatic rings. The minimum atomic E-state index is -0.181. The second-order valence-electron chi connectivity index (χ2n) is 4.16. The van der Waals surface area contributed by atoms with Crippen molar-refractivity contribution in [3.63, 3.8) is 0 Å². The first kappa shape index (κ1) is 13.5. The zero-order valence-corrected chi connectivity index (χ0v) is 11.3. The Hall–Kier alpha value is -1.93. The molecule has 0 aromatic heterocycles. The number of rotatable bonds is 4. The molecule has 0 heterocycles. The van der Waals surface area contributed by atoms with E-state index in [0.717, 1.165) is 0 Å². The molecule has 0 aliphatic heterocycles. The van der Waals surface area contributed by atoms with Crippen LogP contribution < -0.4 is 0 Å². The molecule has 0 bridgehead atoms. The maximum atomic E-state index is 12.4. The maximum Gasteiger partial charge on any atom is 0.193 e. The van der Waals surface area contributed by atoms with Gasteiger partial charge in [0.1, 0.15) is 0 Å². The Morgan fingerprint density at radius 1 is 1.00 bits per heavy atom. The molecular weight excluding hydrogens is 260 g/mol. The molecule has 2 nitrogen and oxygen atoms in total. The summed E-state index contributed by atoms with van der Waals surface area (Å²) in [5.41, 5.74) is 1.35. The molecule has 19 heavy (non-hydrogen) atoms. The molecule has 2 rings (SSSR count). The third kappa shape index (κ3) is 2.91.